The number of hydrogen-bond donors (Lipinski definition) is 4. The molecule has 0 aromatic carbocycles. The molecule has 2 heterocycles. The number of nitrogens with zero attached hydrogens (tertiary/aromatic N) is 1. The summed E-state index contributed by atoms with van der Waals surface area (Å²) in [6, 6.07) is 0. The Morgan fingerprint density at radius 3 is 2.40 bits per heavy atom. The van der Waals surface area contributed by atoms with Crippen LogP contribution in [0.25, 0.3) is 6.08 Å². The third-order valence-electron chi connectivity index (χ3n) is 3.14. The molecule has 8 heteroatoms. The van der Waals surface area contributed by atoms with E-state index >= 15 is 0 Å². The Labute approximate surface area is 113 Å². The molecule has 0 radical (unpaired) electrons. The molecule has 0 aliphatic carbocycles. The maximum absolute atomic E-state index is 11.8. The lowest BCUT2D eigenvalue weighted by molar-refractivity contribution is -0.125. The molecule has 0 bridgehead atoms. The van der Waals surface area contributed by atoms with E-state index < -0.39 is 29.4 Å². The lowest BCUT2D eigenvalue weighted by atomic mass is 10.2. The summed E-state index contributed by atoms with van der Waals surface area (Å²) in [5, 5.41) is 18.7. The number of aryl methyl sites for hydroxylation is 1. The topological polar surface area (TPSA) is 126 Å². The standard InChI is InChI=1S/C12H15N3O5/c1-6-7(11(19)14-12(20)13-6)2-3-10(18)15-4-8(16)9(17)5-15/h2-3,8-9,16-17H,4-5H2,1H3,(H2,13,14,19,20)/b3-2+/t8-,9-/m0/s1. The van der Waals surface area contributed by atoms with Crippen LogP contribution < -0.4 is 11.2 Å². The predicted molar refractivity (Wildman–Crippen MR) is 70.0 cm³/mol. The maximum atomic E-state index is 11.8. The molecular formula is C12H15N3O5. The van der Waals surface area contributed by atoms with Gasteiger partial charge in [-0.3, -0.25) is 14.6 Å². The lowest BCUT2D eigenvalue weighted by Crippen LogP contribution is -2.28. The zero-order chi connectivity index (χ0) is 14.9. The first-order valence-corrected chi connectivity index (χ1v) is 6.05. The van der Waals surface area contributed by atoms with Gasteiger partial charge in [0, 0.05) is 24.9 Å². The third kappa shape index (κ3) is 2.86. The number of aliphatic hydroxyl groups excluding tert-OH is 2. The van der Waals surface area contributed by atoms with Crippen molar-refractivity contribution in [2.75, 3.05) is 13.1 Å². The number of aromatic amines is 2. The van der Waals surface area contributed by atoms with Crippen LogP contribution in [0.5, 0.6) is 0 Å². The minimum atomic E-state index is -0.953. The molecule has 2 atom stereocenters. The Morgan fingerprint density at radius 2 is 1.85 bits per heavy atom. The highest BCUT2D eigenvalue weighted by molar-refractivity contribution is 5.92. The van der Waals surface area contributed by atoms with Crippen LogP contribution in [0.1, 0.15) is 11.3 Å². The summed E-state index contributed by atoms with van der Waals surface area (Å²) in [7, 11) is 0. The van der Waals surface area contributed by atoms with Crippen molar-refractivity contribution >= 4 is 12.0 Å². The second kappa shape index (κ2) is 5.43. The monoisotopic (exact) mass is 281 g/mol. The smallest absolute Gasteiger partial charge is 0.325 e. The molecule has 1 fully saturated rings. The van der Waals surface area contributed by atoms with Crippen LogP contribution >= 0.6 is 0 Å². The Morgan fingerprint density at radius 1 is 1.25 bits per heavy atom. The van der Waals surface area contributed by atoms with E-state index in [1.807, 2.05) is 0 Å². The van der Waals surface area contributed by atoms with Gasteiger partial charge in [-0.25, -0.2) is 4.79 Å². The molecule has 0 unspecified atom stereocenters. The molecule has 1 aromatic heterocycles. The first-order chi connectivity index (χ1) is 9.38. The molecule has 2 rings (SSSR count). The molecule has 0 spiro atoms. The minimum Gasteiger partial charge on any atom is -0.388 e. The Kier molecular flexibility index (Phi) is 3.86. The number of amides is 1. The van der Waals surface area contributed by atoms with Gasteiger partial charge in [0.2, 0.25) is 5.91 Å². The van der Waals surface area contributed by atoms with Crippen molar-refractivity contribution in [1.29, 1.82) is 0 Å². The van der Waals surface area contributed by atoms with E-state index in [0.29, 0.717) is 5.69 Å². The highest BCUT2D eigenvalue weighted by Crippen LogP contribution is 2.11. The largest absolute Gasteiger partial charge is 0.388 e. The SMILES string of the molecule is Cc1[nH]c(=O)[nH]c(=O)c1/C=C/C(=O)N1C[C@H](O)[C@@H](O)C1. The van der Waals surface area contributed by atoms with Crippen LogP contribution in [0.2, 0.25) is 0 Å². The van der Waals surface area contributed by atoms with Crippen LogP contribution in [0.15, 0.2) is 15.7 Å². The minimum absolute atomic E-state index is 0.0469. The number of hydrogen-bond acceptors (Lipinski definition) is 5. The lowest BCUT2D eigenvalue weighted by Gasteiger charge is -2.12. The average Bonchev–Trinajstić information content (AvgIpc) is 2.68. The normalized spacial score (nSPS) is 22.6. The Bertz CT molecular complexity index is 650. The number of carbonyl (C=O) groups excluding carboxylic acids is 1. The number of aliphatic hydroxyl groups is 2. The van der Waals surface area contributed by atoms with E-state index in [0.717, 1.165) is 0 Å². The van der Waals surface area contributed by atoms with Crippen molar-refractivity contribution in [3.63, 3.8) is 0 Å². The second-order valence-corrected chi connectivity index (χ2v) is 4.66. The Hall–Kier alpha value is -2.19. The van der Waals surface area contributed by atoms with Gasteiger partial charge in [0.1, 0.15) is 0 Å². The van der Waals surface area contributed by atoms with Crippen LogP contribution in [0.3, 0.4) is 0 Å². The van der Waals surface area contributed by atoms with Gasteiger partial charge in [0.25, 0.3) is 5.56 Å². The highest BCUT2D eigenvalue weighted by atomic mass is 16.3. The van der Waals surface area contributed by atoms with Crippen molar-refractivity contribution in [2.24, 2.45) is 0 Å². The number of rotatable bonds is 2. The van der Waals surface area contributed by atoms with Gasteiger partial charge in [0.05, 0.1) is 17.8 Å². The fourth-order valence-corrected chi connectivity index (χ4v) is 2.02. The van der Waals surface area contributed by atoms with Gasteiger partial charge in [-0.2, -0.15) is 0 Å². The van der Waals surface area contributed by atoms with Crippen molar-refractivity contribution in [1.82, 2.24) is 14.9 Å². The molecule has 108 valence electrons. The summed E-state index contributed by atoms with van der Waals surface area (Å²) >= 11 is 0. The number of nitrogens with one attached hydrogen (secondary N) is 2. The second-order valence-electron chi connectivity index (χ2n) is 4.66. The van der Waals surface area contributed by atoms with Crippen molar-refractivity contribution in [3.05, 3.63) is 38.2 Å². The quantitative estimate of drug-likeness (QED) is 0.464. The Balaban J connectivity index is 2.16. The molecule has 1 saturated heterocycles. The van der Waals surface area contributed by atoms with Crippen LogP contribution in [-0.4, -0.2) is 56.3 Å². The van der Waals surface area contributed by atoms with Gasteiger partial charge in [-0.05, 0) is 13.0 Å². The van der Waals surface area contributed by atoms with E-state index in [1.165, 1.54) is 17.1 Å². The van der Waals surface area contributed by atoms with Crippen molar-refractivity contribution in [3.8, 4) is 0 Å². The number of aromatic nitrogens is 2. The van der Waals surface area contributed by atoms with Gasteiger partial charge in [0.15, 0.2) is 0 Å². The van der Waals surface area contributed by atoms with Gasteiger partial charge >= 0.3 is 5.69 Å². The first-order valence-electron chi connectivity index (χ1n) is 6.05. The maximum Gasteiger partial charge on any atom is 0.325 e. The van der Waals surface area contributed by atoms with Gasteiger partial charge in [-0.15, -0.1) is 0 Å². The molecule has 1 amide bonds. The summed E-state index contributed by atoms with van der Waals surface area (Å²) in [4.78, 5) is 40.2. The first kappa shape index (κ1) is 14.2. The van der Waals surface area contributed by atoms with Crippen LogP contribution in [0.4, 0.5) is 0 Å². The van der Waals surface area contributed by atoms with E-state index in [1.54, 1.807) is 6.92 Å². The summed E-state index contributed by atoms with van der Waals surface area (Å²) in [5.41, 5.74) is -0.666. The van der Waals surface area contributed by atoms with E-state index in [-0.39, 0.29) is 18.7 Å². The van der Waals surface area contributed by atoms with Gasteiger partial charge in [-0.1, -0.05) is 0 Å². The molecule has 4 N–H and O–H groups in total. The zero-order valence-electron chi connectivity index (χ0n) is 10.8. The number of carbonyl (C=O) groups is 1. The van der Waals surface area contributed by atoms with E-state index in [2.05, 4.69) is 9.97 Å². The fourth-order valence-electron chi connectivity index (χ4n) is 2.02. The summed E-state index contributed by atoms with van der Waals surface area (Å²) in [5.74, 6) is -0.425. The zero-order valence-corrected chi connectivity index (χ0v) is 10.8. The highest BCUT2D eigenvalue weighted by Gasteiger charge is 2.31. The van der Waals surface area contributed by atoms with Crippen molar-refractivity contribution < 1.29 is 15.0 Å². The van der Waals surface area contributed by atoms with Gasteiger partial charge < -0.3 is 20.1 Å². The molecule has 1 aliphatic rings. The predicted octanol–water partition coefficient (Wildman–Crippen LogP) is -2.05. The summed E-state index contributed by atoms with van der Waals surface area (Å²) in [6.07, 6.45) is 0.556. The average molecular weight is 281 g/mol. The summed E-state index contributed by atoms with van der Waals surface area (Å²) < 4.78 is 0. The van der Waals surface area contributed by atoms with Crippen LogP contribution in [0, 0.1) is 6.92 Å². The molecule has 20 heavy (non-hydrogen) atoms. The number of H-pyrrole nitrogens is 2. The van der Waals surface area contributed by atoms with Crippen LogP contribution in [-0.2, 0) is 4.79 Å². The third-order valence-corrected chi connectivity index (χ3v) is 3.14. The fraction of sp³-hybridized carbons (Fsp3) is 0.417. The number of likely N-dealkylation sites (tertiary alicyclic amines) is 1. The van der Waals surface area contributed by atoms with E-state index in [4.69, 9.17) is 0 Å². The van der Waals surface area contributed by atoms with Crippen molar-refractivity contribution in [2.45, 2.75) is 19.1 Å². The molecular weight excluding hydrogens is 266 g/mol. The molecule has 0 saturated carbocycles. The van der Waals surface area contributed by atoms with E-state index in [9.17, 15) is 24.6 Å². The summed E-state index contributed by atoms with van der Waals surface area (Å²) in [6.45, 7) is 1.64. The molecule has 8 nitrogen and oxygen atoms in total. The molecule has 1 aromatic rings. The molecule has 1 aliphatic heterocycles. The number of β-amino-alcohol motifs (C(OH)–C–C–N with tert-alkyl or cyclic N) is 2.